The molecule has 18 heavy (non-hydrogen) atoms. The van der Waals surface area contributed by atoms with Gasteiger partial charge in [-0.1, -0.05) is 6.92 Å². The van der Waals surface area contributed by atoms with Crippen molar-refractivity contribution in [2.75, 3.05) is 11.9 Å². The molecule has 1 aliphatic carbocycles. The Hall–Kier alpha value is -1.58. The molecule has 1 aromatic heterocycles. The predicted octanol–water partition coefficient (Wildman–Crippen LogP) is 2.85. The molecule has 1 fully saturated rings. The summed E-state index contributed by atoms with van der Waals surface area (Å²) >= 11 is 0. The van der Waals surface area contributed by atoms with Gasteiger partial charge < -0.3 is 10.4 Å². The van der Waals surface area contributed by atoms with Gasteiger partial charge in [-0.25, -0.2) is 4.79 Å². The zero-order chi connectivity index (χ0) is 13.3. The molecule has 1 heterocycles. The molecule has 0 saturated heterocycles. The highest BCUT2D eigenvalue weighted by Gasteiger charge is 2.27. The maximum Gasteiger partial charge on any atom is 0.339 e. The first kappa shape index (κ1) is 12.9. The molecule has 0 spiro atoms. The van der Waals surface area contributed by atoms with E-state index in [1.54, 1.807) is 6.92 Å². The third-order valence-corrected chi connectivity index (χ3v) is 3.58. The SMILES string of the molecule is Cc1cc(NCC(C)C2CC2)c(C(=O)O)c(C)n1. The van der Waals surface area contributed by atoms with Gasteiger partial charge in [-0.15, -0.1) is 0 Å². The highest BCUT2D eigenvalue weighted by atomic mass is 16.4. The molecule has 0 aromatic carbocycles. The predicted molar refractivity (Wildman–Crippen MR) is 71.0 cm³/mol. The smallest absolute Gasteiger partial charge is 0.339 e. The summed E-state index contributed by atoms with van der Waals surface area (Å²) in [4.78, 5) is 15.5. The zero-order valence-electron chi connectivity index (χ0n) is 11.2. The van der Waals surface area contributed by atoms with Crippen molar-refractivity contribution in [3.8, 4) is 0 Å². The summed E-state index contributed by atoms with van der Waals surface area (Å²) in [6, 6.07) is 1.82. The average molecular weight is 248 g/mol. The summed E-state index contributed by atoms with van der Waals surface area (Å²) in [7, 11) is 0. The van der Waals surface area contributed by atoms with E-state index in [1.807, 2.05) is 13.0 Å². The number of carboxylic acid groups (broad SMARTS) is 1. The molecule has 98 valence electrons. The normalized spacial score (nSPS) is 16.4. The highest BCUT2D eigenvalue weighted by Crippen LogP contribution is 2.36. The summed E-state index contributed by atoms with van der Waals surface area (Å²) in [5.41, 5.74) is 2.41. The lowest BCUT2D eigenvalue weighted by molar-refractivity contribution is 0.0696. The van der Waals surface area contributed by atoms with Crippen LogP contribution < -0.4 is 5.32 Å². The minimum Gasteiger partial charge on any atom is -0.478 e. The van der Waals surface area contributed by atoms with Gasteiger partial charge in [0.25, 0.3) is 0 Å². The lowest BCUT2D eigenvalue weighted by atomic mass is 10.1. The highest BCUT2D eigenvalue weighted by molar-refractivity contribution is 5.95. The lowest BCUT2D eigenvalue weighted by Gasteiger charge is -2.16. The summed E-state index contributed by atoms with van der Waals surface area (Å²) < 4.78 is 0. The van der Waals surface area contributed by atoms with Gasteiger partial charge >= 0.3 is 5.97 Å². The number of anilines is 1. The van der Waals surface area contributed by atoms with Gasteiger partial charge in [0.15, 0.2) is 0 Å². The fourth-order valence-electron chi connectivity index (χ4n) is 2.34. The Labute approximate surface area is 107 Å². The molecule has 1 aliphatic rings. The van der Waals surface area contributed by atoms with Gasteiger partial charge in [-0.2, -0.15) is 0 Å². The van der Waals surface area contributed by atoms with Gasteiger partial charge in [0.1, 0.15) is 5.56 Å². The number of nitrogens with zero attached hydrogens (tertiary/aromatic N) is 1. The summed E-state index contributed by atoms with van der Waals surface area (Å²) in [6.45, 7) is 6.67. The topological polar surface area (TPSA) is 62.2 Å². The number of carboxylic acids is 1. The fraction of sp³-hybridized carbons (Fsp3) is 0.571. The quantitative estimate of drug-likeness (QED) is 0.841. The number of aryl methyl sites for hydroxylation is 2. The van der Waals surface area contributed by atoms with E-state index in [-0.39, 0.29) is 0 Å². The molecule has 0 aliphatic heterocycles. The minimum absolute atomic E-state index is 0.295. The van der Waals surface area contributed by atoms with Gasteiger partial charge in [0, 0.05) is 12.2 Å². The van der Waals surface area contributed by atoms with Gasteiger partial charge in [-0.05, 0) is 44.6 Å². The first-order valence-electron chi connectivity index (χ1n) is 6.44. The molecule has 1 unspecified atom stereocenters. The van der Waals surface area contributed by atoms with Gasteiger partial charge in [0.2, 0.25) is 0 Å². The van der Waals surface area contributed by atoms with E-state index in [4.69, 9.17) is 0 Å². The van der Waals surface area contributed by atoms with Crippen LogP contribution in [0, 0.1) is 25.7 Å². The molecule has 0 amide bonds. The van der Waals surface area contributed by atoms with Crippen LogP contribution in [0.15, 0.2) is 6.07 Å². The molecule has 0 radical (unpaired) electrons. The second-order valence-corrected chi connectivity index (χ2v) is 5.27. The Balaban J connectivity index is 2.16. The van der Waals surface area contributed by atoms with Crippen molar-refractivity contribution in [2.45, 2.75) is 33.6 Å². The van der Waals surface area contributed by atoms with E-state index >= 15 is 0 Å². The number of aromatic carboxylic acids is 1. The van der Waals surface area contributed by atoms with E-state index in [0.29, 0.717) is 22.9 Å². The number of aromatic nitrogens is 1. The Morgan fingerprint density at radius 3 is 2.78 bits per heavy atom. The largest absolute Gasteiger partial charge is 0.478 e. The summed E-state index contributed by atoms with van der Waals surface area (Å²) in [5, 5.41) is 12.5. The van der Waals surface area contributed by atoms with E-state index in [9.17, 15) is 9.90 Å². The third kappa shape index (κ3) is 2.81. The van der Waals surface area contributed by atoms with Crippen LogP contribution in [0.25, 0.3) is 0 Å². The number of nitrogens with one attached hydrogen (secondary N) is 1. The van der Waals surface area contributed by atoms with E-state index in [0.717, 1.165) is 18.2 Å². The molecule has 4 nitrogen and oxygen atoms in total. The number of rotatable bonds is 5. The molecular weight excluding hydrogens is 228 g/mol. The maximum atomic E-state index is 11.3. The monoisotopic (exact) mass is 248 g/mol. The van der Waals surface area contributed by atoms with Crippen molar-refractivity contribution in [1.29, 1.82) is 0 Å². The zero-order valence-corrected chi connectivity index (χ0v) is 11.2. The number of hydrogen-bond acceptors (Lipinski definition) is 3. The Morgan fingerprint density at radius 1 is 1.56 bits per heavy atom. The molecule has 1 atom stereocenters. The van der Waals surface area contributed by atoms with Gasteiger partial charge in [0.05, 0.1) is 11.4 Å². The van der Waals surface area contributed by atoms with Crippen molar-refractivity contribution in [3.05, 3.63) is 23.0 Å². The average Bonchev–Trinajstić information content (AvgIpc) is 3.07. The fourth-order valence-corrected chi connectivity index (χ4v) is 2.34. The third-order valence-electron chi connectivity index (χ3n) is 3.58. The van der Waals surface area contributed by atoms with Crippen molar-refractivity contribution >= 4 is 11.7 Å². The van der Waals surface area contributed by atoms with Crippen LogP contribution in [0.4, 0.5) is 5.69 Å². The minimum atomic E-state index is -0.915. The molecule has 4 heteroatoms. The molecule has 2 N–H and O–H groups in total. The lowest BCUT2D eigenvalue weighted by Crippen LogP contribution is -2.16. The van der Waals surface area contributed by atoms with Crippen LogP contribution in [0.3, 0.4) is 0 Å². The van der Waals surface area contributed by atoms with Gasteiger partial charge in [-0.3, -0.25) is 4.98 Å². The van der Waals surface area contributed by atoms with E-state index in [1.165, 1.54) is 12.8 Å². The van der Waals surface area contributed by atoms with E-state index in [2.05, 4.69) is 17.2 Å². The van der Waals surface area contributed by atoms with Crippen molar-refractivity contribution < 1.29 is 9.90 Å². The standard InChI is InChI=1S/C14H20N2O2/c1-8(11-4-5-11)7-15-12-6-9(2)16-10(3)13(12)14(17)18/h6,8,11H,4-5,7H2,1-3H3,(H,15,16)(H,17,18). The number of carbonyl (C=O) groups is 1. The second kappa shape index (κ2) is 4.96. The first-order chi connectivity index (χ1) is 8.49. The van der Waals surface area contributed by atoms with Crippen LogP contribution in [0.2, 0.25) is 0 Å². The van der Waals surface area contributed by atoms with Crippen LogP contribution in [0.5, 0.6) is 0 Å². The molecule has 1 aromatic rings. The Bertz CT molecular complexity index is 467. The first-order valence-corrected chi connectivity index (χ1v) is 6.44. The van der Waals surface area contributed by atoms with Crippen LogP contribution >= 0.6 is 0 Å². The summed E-state index contributed by atoms with van der Waals surface area (Å²) in [6.07, 6.45) is 2.62. The van der Waals surface area contributed by atoms with Crippen LogP contribution in [-0.2, 0) is 0 Å². The van der Waals surface area contributed by atoms with Crippen molar-refractivity contribution in [1.82, 2.24) is 4.98 Å². The van der Waals surface area contributed by atoms with Crippen LogP contribution in [0.1, 0.15) is 41.5 Å². The molecule has 0 bridgehead atoms. The van der Waals surface area contributed by atoms with Crippen molar-refractivity contribution in [2.24, 2.45) is 11.8 Å². The van der Waals surface area contributed by atoms with Crippen LogP contribution in [-0.4, -0.2) is 22.6 Å². The maximum absolute atomic E-state index is 11.3. The molecule has 1 saturated carbocycles. The molecule has 2 rings (SSSR count). The Kier molecular flexibility index (Phi) is 3.55. The second-order valence-electron chi connectivity index (χ2n) is 5.27. The molecular formula is C14H20N2O2. The number of pyridine rings is 1. The van der Waals surface area contributed by atoms with E-state index < -0.39 is 5.97 Å². The van der Waals surface area contributed by atoms with Crippen molar-refractivity contribution in [3.63, 3.8) is 0 Å². The number of hydrogen-bond donors (Lipinski definition) is 2. The summed E-state index contributed by atoms with van der Waals surface area (Å²) in [5.74, 6) is 0.497. The Morgan fingerprint density at radius 2 is 2.22 bits per heavy atom.